The Morgan fingerprint density at radius 1 is 1.46 bits per heavy atom. The van der Waals surface area contributed by atoms with E-state index in [4.69, 9.17) is 4.74 Å². The van der Waals surface area contributed by atoms with Crippen LogP contribution in [0.3, 0.4) is 0 Å². The minimum Gasteiger partial charge on any atom is -0.370 e. The molecule has 1 aliphatic carbocycles. The van der Waals surface area contributed by atoms with E-state index in [0.29, 0.717) is 12.5 Å². The van der Waals surface area contributed by atoms with Crippen LogP contribution in [0.5, 0.6) is 0 Å². The smallest absolute Gasteiger partial charge is 0.0757 e. The van der Waals surface area contributed by atoms with Crippen LogP contribution in [0.25, 0.3) is 0 Å². The lowest BCUT2D eigenvalue weighted by Gasteiger charge is -2.30. The van der Waals surface area contributed by atoms with Gasteiger partial charge in [0.25, 0.3) is 0 Å². The lowest BCUT2D eigenvalue weighted by Crippen LogP contribution is -2.31. The molecule has 0 aromatic rings. The Bertz CT molecular complexity index is 183. The molecule has 0 amide bonds. The van der Waals surface area contributed by atoms with E-state index in [-0.39, 0.29) is 5.60 Å². The molecule has 0 fully saturated rings. The Morgan fingerprint density at radius 3 is 2.54 bits per heavy atom. The van der Waals surface area contributed by atoms with Gasteiger partial charge in [-0.15, -0.1) is 6.58 Å². The van der Waals surface area contributed by atoms with Crippen LogP contribution >= 0.6 is 0 Å². The summed E-state index contributed by atoms with van der Waals surface area (Å²) >= 11 is 0. The van der Waals surface area contributed by atoms with Crippen molar-refractivity contribution in [2.75, 3.05) is 6.61 Å². The average Bonchev–Trinajstić information content (AvgIpc) is 2.49. The summed E-state index contributed by atoms with van der Waals surface area (Å²) in [6.07, 6.45) is 9.57. The third-order valence-corrected chi connectivity index (χ3v) is 2.43. The second-order valence-corrected chi connectivity index (χ2v) is 4.26. The summed E-state index contributed by atoms with van der Waals surface area (Å²) in [5.41, 5.74) is 0.0857. The van der Waals surface area contributed by atoms with Crippen molar-refractivity contribution in [3.63, 3.8) is 0 Å². The maximum Gasteiger partial charge on any atom is 0.0757 e. The molecule has 1 nitrogen and oxygen atoms in total. The summed E-state index contributed by atoms with van der Waals surface area (Å²) in [6, 6.07) is 0. The van der Waals surface area contributed by atoms with Gasteiger partial charge in [0, 0.05) is 0 Å². The number of ether oxygens (including phenoxy) is 1. The minimum absolute atomic E-state index is 0.0857. The van der Waals surface area contributed by atoms with Gasteiger partial charge in [0.15, 0.2) is 0 Å². The number of rotatable bonds is 5. The van der Waals surface area contributed by atoms with E-state index in [1.165, 1.54) is 0 Å². The van der Waals surface area contributed by atoms with Crippen LogP contribution in [0, 0.1) is 5.92 Å². The molecule has 0 saturated carbocycles. The molecule has 0 spiro atoms. The molecule has 1 aliphatic rings. The van der Waals surface area contributed by atoms with Gasteiger partial charge in [-0.05, 0) is 25.2 Å². The van der Waals surface area contributed by atoms with Gasteiger partial charge < -0.3 is 4.74 Å². The quantitative estimate of drug-likeness (QED) is 0.590. The maximum absolute atomic E-state index is 5.87. The van der Waals surface area contributed by atoms with Crippen molar-refractivity contribution in [3.8, 4) is 0 Å². The molecule has 74 valence electrons. The fourth-order valence-electron chi connectivity index (χ4n) is 2.00. The van der Waals surface area contributed by atoms with Gasteiger partial charge in [-0.25, -0.2) is 0 Å². The van der Waals surface area contributed by atoms with E-state index >= 15 is 0 Å². The highest BCUT2D eigenvalue weighted by Gasteiger charge is 2.31. The highest BCUT2D eigenvalue weighted by Crippen LogP contribution is 2.34. The van der Waals surface area contributed by atoms with Gasteiger partial charge in [0.05, 0.1) is 12.2 Å². The lowest BCUT2D eigenvalue weighted by molar-refractivity contribution is -0.0357. The highest BCUT2D eigenvalue weighted by atomic mass is 16.5. The predicted molar refractivity (Wildman–Crippen MR) is 56.7 cm³/mol. The Balaban J connectivity index is 2.48. The van der Waals surface area contributed by atoms with Crippen LogP contribution in [0.15, 0.2) is 24.8 Å². The van der Waals surface area contributed by atoms with Gasteiger partial charge in [-0.1, -0.05) is 32.1 Å². The molecule has 0 atom stereocenters. The van der Waals surface area contributed by atoms with Crippen LogP contribution in [0.1, 0.15) is 33.1 Å². The summed E-state index contributed by atoms with van der Waals surface area (Å²) in [5, 5.41) is 0. The summed E-state index contributed by atoms with van der Waals surface area (Å²) in [4.78, 5) is 0. The van der Waals surface area contributed by atoms with Crippen molar-refractivity contribution in [2.45, 2.75) is 38.7 Å². The molecule has 0 radical (unpaired) electrons. The third-order valence-electron chi connectivity index (χ3n) is 2.43. The average molecular weight is 180 g/mol. The molecule has 0 aromatic carbocycles. The maximum atomic E-state index is 5.87. The van der Waals surface area contributed by atoms with Crippen molar-refractivity contribution in [3.05, 3.63) is 24.8 Å². The minimum atomic E-state index is 0.0857. The van der Waals surface area contributed by atoms with Gasteiger partial charge >= 0.3 is 0 Å². The van der Waals surface area contributed by atoms with E-state index in [9.17, 15) is 0 Å². The standard InChI is InChI=1S/C12H20O/c1-4-9-13-12(10-11(2)3)7-5-6-8-12/h4-6,11H,1,7-10H2,2-3H3. The number of hydrogen-bond acceptors (Lipinski definition) is 1. The molecule has 13 heavy (non-hydrogen) atoms. The zero-order valence-electron chi connectivity index (χ0n) is 8.75. The molecule has 1 rings (SSSR count). The molecular weight excluding hydrogens is 160 g/mol. The molecule has 1 heteroatoms. The topological polar surface area (TPSA) is 9.23 Å². The summed E-state index contributed by atoms with van der Waals surface area (Å²) < 4.78 is 5.87. The van der Waals surface area contributed by atoms with Crippen LogP contribution < -0.4 is 0 Å². The normalized spacial score (nSPS) is 19.6. The first-order chi connectivity index (χ1) is 6.18. The van der Waals surface area contributed by atoms with E-state index in [1.54, 1.807) is 0 Å². The van der Waals surface area contributed by atoms with Crippen molar-refractivity contribution in [2.24, 2.45) is 5.92 Å². The fraction of sp³-hybridized carbons (Fsp3) is 0.667. The molecule has 0 heterocycles. The van der Waals surface area contributed by atoms with E-state index in [1.807, 2.05) is 6.08 Å². The predicted octanol–water partition coefficient (Wildman–Crippen LogP) is 3.32. The van der Waals surface area contributed by atoms with Gasteiger partial charge in [-0.2, -0.15) is 0 Å². The lowest BCUT2D eigenvalue weighted by atomic mass is 9.90. The van der Waals surface area contributed by atoms with Crippen LogP contribution in [-0.4, -0.2) is 12.2 Å². The Morgan fingerprint density at radius 2 is 2.08 bits per heavy atom. The van der Waals surface area contributed by atoms with Crippen LogP contribution in [-0.2, 0) is 4.74 Å². The summed E-state index contributed by atoms with van der Waals surface area (Å²) in [6.45, 7) is 8.86. The largest absolute Gasteiger partial charge is 0.370 e. The monoisotopic (exact) mass is 180 g/mol. The van der Waals surface area contributed by atoms with Crippen LogP contribution in [0.2, 0.25) is 0 Å². The second kappa shape index (κ2) is 4.61. The van der Waals surface area contributed by atoms with Crippen molar-refractivity contribution >= 4 is 0 Å². The van der Waals surface area contributed by atoms with E-state index < -0.39 is 0 Å². The van der Waals surface area contributed by atoms with E-state index in [2.05, 4.69) is 32.6 Å². The number of hydrogen-bond donors (Lipinski definition) is 0. The highest BCUT2D eigenvalue weighted by molar-refractivity contribution is 5.05. The van der Waals surface area contributed by atoms with Gasteiger partial charge in [0.1, 0.15) is 0 Å². The van der Waals surface area contributed by atoms with Gasteiger partial charge in [0.2, 0.25) is 0 Å². The molecule has 0 saturated heterocycles. The molecule has 0 N–H and O–H groups in total. The van der Waals surface area contributed by atoms with Crippen LogP contribution in [0.4, 0.5) is 0 Å². The SMILES string of the molecule is C=CCOC1(CC(C)C)CC=CC1. The van der Waals surface area contributed by atoms with E-state index in [0.717, 1.165) is 19.3 Å². The fourth-order valence-corrected chi connectivity index (χ4v) is 2.00. The second-order valence-electron chi connectivity index (χ2n) is 4.26. The van der Waals surface area contributed by atoms with Crippen molar-refractivity contribution in [1.29, 1.82) is 0 Å². The summed E-state index contributed by atoms with van der Waals surface area (Å²) in [5.74, 6) is 0.699. The zero-order chi connectivity index (χ0) is 9.73. The Hall–Kier alpha value is -0.560. The first kappa shape index (κ1) is 10.5. The van der Waals surface area contributed by atoms with Gasteiger partial charge in [-0.3, -0.25) is 0 Å². The Labute approximate surface area is 81.5 Å². The first-order valence-electron chi connectivity index (χ1n) is 5.08. The van der Waals surface area contributed by atoms with Crippen molar-refractivity contribution in [1.82, 2.24) is 0 Å². The zero-order valence-corrected chi connectivity index (χ0v) is 8.75. The molecule has 0 bridgehead atoms. The molecule has 0 aromatic heterocycles. The summed E-state index contributed by atoms with van der Waals surface area (Å²) in [7, 11) is 0. The first-order valence-corrected chi connectivity index (χ1v) is 5.08. The molecular formula is C12H20O. The Kier molecular flexibility index (Phi) is 3.73. The molecule has 0 aliphatic heterocycles. The molecule has 0 unspecified atom stereocenters. The third kappa shape index (κ3) is 3.00. The van der Waals surface area contributed by atoms with Crippen molar-refractivity contribution < 1.29 is 4.74 Å².